The first kappa shape index (κ1) is 22.0. The Morgan fingerprint density at radius 1 is 0.812 bits per heavy atom. The fourth-order valence-corrected chi connectivity index (χ4v) is 3.91. The first-order valence-electron chi connectivity index (χ1n) is 10.8. The van der Waals surface area contributed by atoms with Crippen molar-refractivity contribution in [1.82, 2.24) is 14.9 Å². The normalized spacial score (nSPS) is 14.5. The molecule has 0 bridgehead atoms. The number of hydrogen-bond donors (Lipinski definition) is 0. The van der Waals surface area contributed by atoms with Gasteiger partial charge in [0.25, 0.3) is 0 Å². The van der Waals surface area contributed by atoms with Crippen LogP contribution in [-0.2, 0) is 0 Å². The van der Waals surface area contributed by atoms with E-state index in [0.29, 0.717) is 35.4 Å². The van der Waals surface area contributed by atoms with E-state index < -0.39 is 0 Å². The molecule has 170 valence electrons. The molecule has 0 saturated carbocycles. The highest BCUT2D eigenvalue weighted by atomic mass is 16.5. The zero-order valence-corrected chi connectivity index (χ0v) is 19.3. The largest absolute Gasteiger partial charge is 0.493 e. The van der Waals surface area contributed by atoms with Crippen molar-refractivity contribution in [3.05, 3.63) is 30.3 Å². The molecule has 0 unspecified atom stereocenters. The quantitative estimate of drug-likeness (QED) is 0.555. The smallest absolute Gasteiger partial charge is 0.163 e. The monoisotopic (exact) mass is 438 g/mol. The van der Waals surface area contributed by atoms with Gasteiger partial charge < -0.3 is 28.7 Å². The van der Waals surface area contributed by atoms with Gasteiger partial charge in [0.1, 0.15) is 5.82 Å². The Bertz CT molecular complexity index is 1100. The number of rotatable bonds is 7. The van der Waals surface area contributed by atoms with E-state index in [4.69, 9.17) is 28.9 Å². The summed E-state index contributed by atoms with van der Waals surface area (Å²) in [5, 5.41) is 0.944. The topological polar surface area (TPSA) is 69.2 Å². The fraction of sp³-hybridized carbons (Fsp3) is 0.417. The lowest BCUT2D eigenvalue weighted by Crippen LogP contribution is -2.45. The van der Waals surface area contributed by atoms with Crippen LogP contribution in [-0.4, -0.2) is 76.0 Å². The molecule has 3 aromatic rings. The van der Waals surface area contributed by atoms with Gasteiger partial charge in [0, 0.05) is 43.2 Å². The molecule has 32 heavy (non-hydrogen) atoms. The van der Waals surface area contributed by atoms with E-state index in [1.165, 1.54) is 0 Å². The van der Waals surface area contributed by atoms with E-state index in [0.717, 1.165) is 48.5 Å². The van der Waals surface area contributed by atoms with Crippen LogP contribution in [0.2, 0.25) is 0 Å². The molecule has 0 spiro atoms. The highest BCUT2D eigenvalue weighted by molar-refractivity contribution is 5.93. The third kappa shape index (κ3) is 4.23. The van der Waals surface area contributed by atoms with E-state index in [9.17, 15) is 0 Å². The molecule has 2 aromatic carbocycles. The predicted molar refractivity (Wildman–Crippen MR) is 126 cm³/mol. The summed E-state index contributed by atoms with van der Waals surface area (Å²) in [6, 6.07) is 9.64. The summed E-state index contributed by atoms with van der Waals surface area (Å²) in [5.41, 5.74) is 1.66. The van der Waals surface area contributed by atoms with Gasteiger partial charge in [0.15, 0.2) is 28.8 Å². The van der Waals surface area contributed by atoms with Crippen molar-refractivity contribution in [2.45, 2.75) is 6.92 Å². The lowest BCUT2D eigenvalue weighted by atomic mass is 10.1. The number of nitrogens with zero attached hydrogens (tertiary/aromatic N) is 4. The van der Waals surface area contributed by atoms with E-state index in [1.807, 2.05) is 37.3 Å². The highest BCUT2D eigenvalue weighted by Gasteiger charge is 2.22. The molecule has 0 atom stereocenters. The maximum absolute atomic E-state index is 5.81. The Morgan fingerprint density at radius 2 is 1.50 bits per heavy atom. The molecule has 0 amide bonds. The van der Waals surface area contributed by atoms with Crippen LogP contribution < -0.4 is 23.8 Å². The summed E-state index contributed by atoms with van der Waals surface area (Å²) in [6.45, 7) is 6.23. The second kappa shape index (κ2) is 9.48. The molecule has 8 heteroatoms. The van der Waals surface area contributed by atoms with Gasteiger partial charge in [-0.3, -0.25) is 0 Å². The summed E-state index contributed by atoms with van der Waals surface area (Å²) < 4.78 is 22.3. The molecular formula is C24H30N4O4. The molecule has 2 heterocycles. The predicted octanol–water partition coefficient (Wildman–Crippen LogP) is 3.47. The number of aromatic nitrogens is 2. The van der Waals surface area contributed by atoms with Crippen LogP contribution >= 0.6 is 0 Å². The van der Waals surface area contributed by atoms with Gasteiger partial charge in [-0.2, -0.15) is 0 Å². The zero-order chi connectivity index (χ0) is 22.7. The number of methoxy groups -OCH3 is 3. The number of ether oxygens (including phenoxy) is 4. The minimum absolute atomic E-state index is 0.542. The second-order valence-corrected chi connectivity index (χ2v) is 7.68. The highest BCUT2D eigenvalue weighted by Crippen LogP contribution is 2.38. The summed E-state index contributed by atoms with van der Waals surface area (Å²) in [7, 11) is 7.04. The van der Waals surface area contributed by atoms with Gasteiger partial charge in [-0.05, 0) is 38.2 Å². The minimum Gasteiger partial charge on any atom is -0.493 e. The Morgan fingerprint density at radius 3 is 2.16 bits per heavy atom. The second-order valence-electron chi connectivity index (χ2n) is 7.68. The lowest BCUT2D eigenvalue weighted by Gasteiger charge is -2.34. The molecule has 1 aliphatic heterocycles. The molecule has 0 radical (unpaired) electrons. The number of fused-ring (bicyclic) bond motifs is 1. The number of benzene rings is 2. The average molecular weight is 439 g/mol. The van der Waals surface area contributed by atoms with Crippen LogP contribution in [0.15, 0.2) is 30.3 Å². The van der Waals surface area contributed by atoms with Crippen LogP contribution in [0.4, 0.5) is 5.82 Å². The summed E-state index contributed by atoms with van der Waals surface area (Å²) in [6.07, 6.45) is 0. The van der Waals surface area contributed by atoms with E-state index in [1.54, 1.807) is 21.3 Å². The molecule has 8 nitrogen and oxygen atoms in total. The van der Waals surface area contributed by atoms with E-state index >= 15 is 0 Å². The summed E-state index contributed by atoms with van der Waals surface area (Å²) in [4.78, 5) is 14.5. The number of likely N-dealkylation sites (N-methyl/N-ethyl adjacent to an activating group) is 1. The first-order valence-corrected chi connectivity index (χ1v) is 10.8. The van der Waals surface area contributed by atoms with Crippen LogP contribution in [0.1, 0.15) is 6.92 Å². The van der Waals surface area contributed by atoms with Crippen molar-refractivity contribution in [2.75, 3.05) is 66.1 Å². The fourth-order valence-electron chi connectivity index (χ4n) is 3.91. The van der Waals surface area contributed by atoms with Gasteiger partial charge in [0.05, 0.1) is 33.5 Å². The molecule has 1 saturated heterocycles. The van der Waals surface area contributed by atoms with E-state index in [2.05, 4.69) is 16.8 Å². The van der Waals surface area contributed by atoms with Gasteiger partial charge in [0.2, 0.25) is 0 Å². The lowest BCUT2D eigenvalue weighted by molar-refractivity contribution is 0.311. The van der Waals surface area contributed by atoms with Crippen LogP contribution in [0.5, 0.6) is 23.0 Å². The Labute approximate surface area is 188 Å². The van der Waals surface area contributed by atoms with Crippen LogP contribution in [0.25, 0.3) is 22.3 Å². The molecule has 4 rings (SSSR count). The standard InChI is InChI=1S/C24H30N4O4/c1-6-32-22-15-18-17(14-21(22)31-5)24(28-11-9-27(2)10-12-28)26-23(25-18)16-7-8-19(29-3)20(13-16)30-4/h7-8,13-15H,6,9-12H2,1-5H3. The third-order valence-corrected chi connectivity index (χ3v) is 5.71. The van der Waals surface area contributed by atoms with Gasteiger partial charge >= 0.3 is 0 Å². The van der Waals surface area contributed by atoms with Crippen molar-refractivity contribution in [3.63, 3.8) is 0 Å². The average Bonchev–Trinajstić information content (AvgIpc) is 2.83. The van der Waals surface area contributed by atoms with Crippen molar-refractivity contribution in [1.29, 1.82) is 0 Å². The SMILES string of the molecule is CCOc1cc2nc(-c3ccc(OC)c(OC)c3)nc(N3CCN(C)CC3)c2cc1OC. The zero-order valence-electron chi connectivity index (χ0n) is 19.3. The number of anilines is 1. The van der Waals surface area contributed by atoms with Crippen LogP contribution in [0, 0.1) is 0 Å². The van der Waals surface area contributed by atoms with Gasteiger partial charge in [-0.25, -0.2) is 9.97 Å². The number of piperazine rings is 1. The molecule has 1 fully saturated rings. The van der Waals surface area contributed by atoms with Crippen molar-refractivity contribution >= 4 is 16.7 Å². The Kier molecular flexibility index (Phi) is 6.50. The third-order valence-electron chi connectivity index (χ3n) is 5.71. The van der Waals surface area contributed by atoms with Crippen molar-refractivity contribution in [3.8, 4) is 34.4 Å². The van der Waals surface area contributed by atoms with Gasteiger partial charge in [-0.1, -0.05) is 0 Å². The van der Waals surface area contributed by atoms with Crippen molar-refractivity contribution in [2.24, 2.45) is 0 Å². The van der Waals surface area contributed by atoms with E-state index in [-0.39, 0.29) is 0 Å². The molecule has 1 aliphatic rings. The maximum atomic E-state index is 5.81. The molecule has 0 N–H and O–H groups in total. The molecule has 0 aliphatic carbocycles. The van der Waals surface area contributed by atoms with Gasteiger partial charge in [-0.15, -0.1) is 0 Å². The summed E-state index contributed by atoms with van der Waals surface area (Å²) >= 11 is 0. The Balaban J connectivity index is 1.90. The minimum atomic E-state index is 0.542. The molecular weight excluding hydrogens is 408 g/mol. The molecule has 1 aromatic heterocycles. The Hall–Kier alpha value is -3.26. The van der Waals surface area contributed by atoms with Crippen LogP contribution in [0.3, 0.4) is 0 Å². The first-order chi connectivity index (χ1) is 15.6. The maximum Gasteiger partial charge on any atom is 0.163 e. The van der Waals surface area contributed by atoms with Crippen molar-refractivity contribution < 1.29 is 18.9 Å². The number of hydrogen-bond acceptors (Lipinski definition) is 8. The summed E-state index contributed by atoms with van der Waals surface area (Å²) in [5.74, 6) is 4.18.